The topological polar surface area (TPSA) is 89.1 Å². The zero-order chi connectivity index (χ0) is 25.8. The smallest absolute Gasteiger partial charge is 0.416 e. The van der Waals surface area contributed by atoms with Crippen molar-refractivity contribution in [3.05, 3.63) is 77.4 Å². The quantitative estimate of drug-likeness (QED) is 0.546. The lowest BCUT2D eigenvalue weighted by Gasteiger charge is -2.23. The molecule has 11 heteroatoms. The van der Waals surface area contributed by atoms with E-state index in [4.69, 9.17) is 14.2 Å². The van der Waals surface area contributed by atoms with Crippen LogP contribution >= 0.6 is 0 Å². The minimum atomic E-state index is -4.52. The highest BCUT2D eigenvalue weighted by atomic mass is 19.4. The minimum Gasteiger partial charge on any atom is -0.491 e. The third-order valence-corrected chi connectivity index (χ3v) is 6.71. The number of hydrogen-bond donors (Lipinski definition) is 2. The van der Waals surface area contributed by atoms with E-state index in [0.29, 0.717) is 28.5 Å². The van der Waals surface area contributed by atoms with E-state index >= 15 is 0 Å². The molecule has 0 radical (unpaired) electrons. The molecule has 37 heavy (non-hydrogen) atoms. The van der Waals surface area contributed by atoms with Gasteiger partial charge in [-0.15, -0.1) is 0 Å². The van der Waals surface area contributed by atoms with Gasteiger partial charge in [0.25, 0.3) is 0 Å². The molecule has 190 valence electrons. The number of nitrogens with one attached hydrogen (secondary N) is 2. The Morgan fingerprint density at radius 2 is 1.73 bits per heavy atom. The molecule has 3 aliphatic heterocycles. The zero-order valence-electron chi connectivity index (χ0n) is 19.2. The first-order valence-electron chi connectivity index (χ1n) is 11.5. The van der Waals surface area contributed by atoms with Crippen LogP contribution in [0.3, 0.4) is 0 Å². The number of nitrogens with zero attached hydrogens (tertiary/aromatic N) is 1. The second-order valence-corrected chi connectivity index (χ2v) is 8.83. The number of urea groups is 1. The minimum absolute atomic E-state index is 0.00677. The molecule has 0 saturated heterocycles. The maximum atomic E-state index is 13.9. The summed E-state index contributed by atoms with van der Waals surface area (Å²) in [7, 11) is 0. The van der Waals surface area contributed by atoms with Crippen LogP contribution in [-0.2, 0) is 16.4 Å². The highest BCUT2D eigenvalue weighted by Crippen LogP contribution is 2.54. The van der Waals surface area contributed by atoms with Crippen LogP contribution in [0.25, 0.3) is 0 Å². The summed E-state index contributed by atoms with van der Waals surface area (Å²) in [6, 6.07) is 14.6. The third kappa shape index (κ3) is 3.69. The Morgan fingerprint density at radius 1 is 0.946 bits per heavy atom. The monoisotopic (exact) mass is 511 g/mol. The molecule has 2 N–H and O–H groups in total. The normalized spacial score (nSPS) is 19.0. The van der Waals surface area contributed by atoms with Crippen molar-refractivity contribution in [2.24, 2.45) is 0 Å². The molecule has 8 nitrogen and oxygen atoms in total. The number of amides is 3. The second kappa shape index (κ2) is 8.32. The zero-order valence-corrected chi connectivity index (χ0v) is 19.2. The van der Waals surface area contributed by atoms with Gasteiger partial charge < -0.3 is 29.7 Å². The second-order valence-electron chi connectivity index (χ2n) is 8.83. The molecule has 0 saturated carbocycles. The maximum Gasteiger partial charge on any atom is 0.416 e. The van der Waals surface area contributed by atoms with E-state index in [0.717, 1.165) is 17.7 Å². The molecule has 0 aliphatic carbocycles. The molecule has 3 amide bonds. The van der Waals surface area contributed by atoms with Crippen molar-refractivity contribution in [3.63, 3.8) is 0 Å². The SMILES string of the molecule is O=C(NCCN1C(=O)C2(COc3cc4c(cc32)OCO4)c2ccccc21)Nc1cccc(C(F)(F)F)c1. The van der Waals surface area contributed by atoms with E-state index in [2.05, 4.69) is 10.6 Å². The van der Waals surface area contributed by atoms with E-state index in [1.54, 1.807) is 17.0 Å². The van der Waals surface area contributed by atoms with Crippen LogP contribution in [0.15, 0.2) is 60.7 Å². The first-order valence-corrected chi connectivity index (χ1v) is 11.5. The number of alkyl halides is 3. The molecule has 1 spiro atoms. The van der Waals surface area contributed by atoms with Crippen LogP contribution in [0.2, 0.25) is 0 Å². The molecule has 0 aromatic heterocycles. The van der Waals surface area contributed by atoms with Crippen molar-refractivity contribution < 1.29 is 37.0 Å². The van der Waals surface area contributed by atoms with Gasteiger partial charge in [0, 0.05) is 36.1 Å². The maximum absolute atomic E-state index is 13.9. The Hall–Kier alpha value is -4.41. The molecule has 3 heterocycles. The Balaban J connectivity index is 1.19. The summed E-state index contributed by atoms with van der Waals surface area (Å²) in [5, 5.41) is 5.00. The predicted molar refractivity (Wildman–Crippen MR) is 126 cm³/mol. The summed E-state index contributed by atoms with van der Waals surface area (Å²) in [6.45, 7) is 0.417. The first-order chi connectivity index (χ1) is 17.8. The van der Waals surface area contributed by atoms with Gasteiger partial charge >= 0.3 is 12.2 Å². The van der Waals surface area contributed by atoms with Gasteiger partial charge in [0.15, 0.2) is 11.5 Å². The van der Waals surface area contributed by atoms with E-state index in [-0.39, 0.29) is 38.1 Å². The summed E-state index contributed by atoms with van der Waals surface area (Å²) in [4.78, 5) is 27.8. The van der Waals surface area contributed by atoms with Crippen LogP contribution in [-0.4, -0.2) is 38.4 Å². The Labute approximate surface area is 208 Å². The van der Waals surface area contributed by atoms with Crippen LogP contribution in [0.1, 0.15) is 16.7 Å². The fraction of sp³-hybridized carbons (Fsp3) is 0.231. The lowest BCUT2D eigenvalue weighted by molar-refractivity contribution is -0.137. The predicted octanol–water partition coefficient (Wildman–Crippen LogP) is 4.28. The van der Waals surface area contributed by atoms with Crippen molar-refractivity contribution in [1.29, 1.82) is 0 Å². The number of carbonyl (C=O) groups excluding carboxylic acids is 2. The molecule has 0 bridgehead atoms. The van der Waals surface area contributed by atoms with Crippen molar-refractivity contribution in [2.75, 3.05) is 36.7 Å². The number of rotatable bonds is 4. The van der Waals surface area contributed by atoms with Crippen LogP contribution in [0.5, 0.6) is 17.2 Å². The molecule has 3 aromatic carbocycles. The molecule has 1 unspecified atom stereocenters. The summed E-state index contributed by atoms with van der Waals surface area (Å²) in [5.41, 5.74) is 0.247. The van der Waals surface area contributed by atoms with Crippen LogP contribution in [0.4, 0.5) is 29.3 Å². The standard InChI is InChI=1S/C26H20F3N3O5/c27-26(28,29)15-4-3-5-16(10-15)31-24(34)30-8-9-32-19-7-2-1-6-17(19)25(23(32)33)13-35-20-12-22-21(11-18(20)25)36-14-37-22/h1-7,10-12H,8-9,13-14H2,(H2,30,31,34). The summed E-state index contributed by atoms with van der Waals surface area (Å²) < 4.78 is 55.7. The van der Waals surface area contributed by atoms with E-state index in [9.17, 15) is 22.8 Å². The average molecular weight is 511 g/mol. The van der Waals surface area contributed by atoms with Crippen molar-refractivity contribution in [2.45, 2.75) is 11.6 Å². The molecular formula is C26H20F3N3O5. The van der Waals surface area contributed by atoms with Gasteiger partial charge in [0.1, 0.15) is 17.8 Å². The number of hydrogen-bond acceptors (Lipinski definition) is 5. The van der Waals surface area contributed by atoms with Crippen molar-refractivity contribution >= 4 is 23.3 Å². The van der Waals surface area contributed by atoms with Crippen LogP contribution < -0.4 is 29.7 Å². The van der Waals surface area contributed by atoms with Gasteiger partial charge in [-0.1, -0.05) is 24.3 Å². The number of carbonyl (C=O) groups is 2. The molecule has 1 atom stereocenters. The number of ether oxygens (including phenoxy) is 3. The van der Waals surface area contributed by atoms with E-state index in [1.165, 1.54) is 12.1 Å². The summed E-state index contributed by atoms with van der Waals surface area (Å²) in [6.07, 6.45) is -4.52. The molecule has 3 aromatic rings. The fourth-order valence-corrected chi connectivity index (χ4v) is 5.02. The summed E-state index contributed by atoms with van der Waals surface area (Å²) >= 11 is 0. The number of anilines is 2. The Morgan fingerprint density at radius 3 is 2.54 bits per heavy atom. The number of fused-ring (bicyclic) bond motifs is 5. The van der Waals surface area contributed by atoms with Crippen molar-refractivity contribution in [3.8, 4) is 17.2 Å². The molecule has 0 fully saturated rings. The van der Waals surface area contributed by atoms with Gasteiger partial charge in [-0.25, -0.2) is 4.79 Å². The summed E-state index contributed by atoms with van der Waals surface area (Å²) in [5.74, 6) is 1.45. The molecular weight excluding hydrogens is 491 g/mol. The van der Waals surface area contributed by atoms with Gasteiger partial charge in [-0.2, -0.15) is 13.2 Å². The number of halogens is 3. The van der Waals surface area contributed by atoms with Gasteiger partial charge in [-0.3, -0.25) is 4.79 Å². The highest BCUT2D eigenvalue weighted by Gasteiger charge is 2.57. The van der Waals surface area contributed by atoms with Gasteiger partial charge in [0.2, 0.25) is 12.7 Å². The fourth-order valence-electron chi connectivity index (χ4n) is 5.02. The van der Waals surface area contributed by atoms with Gasteiger partial charge in [-0.05, 0) is 35.9 Å². The first kappa shape index (κ1) is 23.0. The van der Waals surface area contributed by atoms with E-state index in [1.807, 2.05) is 24.3 Å². The Bertz CT molecular complexity index is 1430. The molecule has 6 rings (SSSR count). The number of benzene rings is 3. The Kier molecular flexibility index (Phi) is 5.18. The highest BCUT2D eigenvalue weighted by molar-refractivity contribution is 6.11. The largest absolute Gasteiger partial charge is 0.491 e. The molecule has 3 aliphatic rings. The van der Waals surface area contributed by atoms with Crippen molar-refractivity contribution in [1.82, 2.24) is 5.32 Å². The third-order valence-electron chi connectivity index (χ3n) is 6.71. The number of para-hydroxylation sites is 1. The lowest BCUT2D eigenvalue weighted by atomic mass is 9.77. The average Bonchev–Trinajstić information content (AvgIpc) is 3.55. The lowest BCUT2D eigenvalue weighted by Crippen LogP contribution is -2.45. The van der Waals surface area contributed by atoms with E-state index < -0.39 is 23.2 Å². The van der Waals surface area contributed by atoms with Gasteiger partial charge in [0.05, 0.1) is 5.56 Å². The van der Waals surface area contributed by atoms with Crippen LogP contribution in [0, 0.1) is 0 Å².